The molecule has 2 aromatic rings. The fourth-order valence-electron chi connectivity index (χ4n) is 4.64. The van der Waals surface area contributed by atoms with Gasteiger partial charge in [-0.1, -0.05) is 37.6 Å². The van der Waals surface area contributed by atoms with Crippen LogP contribution in [-0.4, -0.2) is 51.2 Å². The van der Waals surface area contributed by atoms with E-state index in [9.17, 15) is 9.90 Å². The van der Waals surface area contributed by atoms with Gasteiger partial charge < -0.3 is 15.0 Å². The summed E-state index contributed by atoms with van der Waals surface area (Å²) >= 11 is 0. The molecule has 29 heavy (non-hydrogen) atoms. The highest BCUT2D eigenvalue weighted by Crippen LogP contribution is 2.23. The molecule has 2 aliphatic rings. The lowest BCUT2D eigenvalue weighted by Gasteiger charge is -2.30. The highest BCUT2D eigenvalue weighted by molar-refractivity contribution is 5.92. The quantitative estimate of drug-likeness (QED) is 0.754. The van der Waals surface area contributed by atoms with Crippen LogP contribution in [0.25, 0.3) is 0 Å². The topological polar surface area (TPSA) is 70.4 Å². The van der Waals surface area contributed by atoms with E-state index in [4.69, 9.17) is 0 Å². The van der Waals surface area contributed by atoms with Gasteiger partial charge in [-0.05, 0) is 36.3 Å². The number of nitrogens with one attached hydrogen (secondary N) is 1. The van der Waals surface area contributed by atoms with Crippen LogP contribution in [0.3, 0.4) is 0 Å². The Morgan fingerprint density at radius 3 is 2.97 bits per heavy atom. The third-order valence-corrected chi connectivity index (χ3v) is 6.20. The second kappa shape index (κ2) is 9.09. The number of fused-ring (bicyclic) bond motifs is 2. The second-order valence-electron chi connectivity index (χ2n) is 8.51. The van der Waals surface area contributed by atoms with Crippen LogP contribution < -0.4 is 5.32 Å². The van der Waals surface area contributed by atoms with Crippen LogP contribution in [0.5, 0.6) is 0 Å². The number of hydrogen-bond donors (Lipinski definition) is 2. The number of aliphatic hydroxyl groups is 1. The van der Waals surface area contributed by atoms with E-state index in [-0.39, 0.29) is 12.5 Å². The number of carbonyl (C=O) groups is 1. The predicted molar refractivity (Wildman–Crippen MR) is 113 cm³/mol. The van der Waals surface area contributed by atoms with Crippen molar-refractivity contribution in [2.24, 2.45) is 5.92 Å². The first-order valence-electron chi connectivity index (χ1n) is 10.9. The Morgan fingerprint density at radius 1 is 1.31 bits per heavy atom. The SMILES string of the molecule is CCCC1CCc2nc(C(=O)NCC(O)CN3CCc4ccccc4C3)cn2C1. The van der Waals surface area contributed by atoms with Gasteiger partial charge >= 0.3 is 0 Å². The maximum atomic E-state index is 12.5. The van der Waals surface area contributed by atoms with E-state index in [1.807, 2.05) is 6.20 Å². The molecule has 0 bridgehead atoms. The molecule has 2 atom stereocenters. The van der Waals surface area contributed by atoms with Gasteiger partial charge in [-0.15, -0.1) is 0 Å². The van der Waals surface area contributed by atoms with Crippen molar-refractivity contribution in [1.82, 2.24) is 19.8 Å². The molecular weight excluding hydrogens is 364 g/mol. The molecule has 0 radical (unpaired) electrons. The molecule has 156 valence electrons. The zero-order valence-corrected chi connectivity index (χ0v) is 17.3. The molecule has 1 aromatic carbocycles. The number of rotatable bonds is 7. The Balaban J connectivity index is 1.26. The molecule has 0 spiro atoms. The third kappa shape index (κ3) is 4.87. The summed E-state index contributed by atoms with van der Waals surface area (Å²) in [5.41, 5.74) is 3.20. The van der Waals surface area contributed by atoms with Crippen LogP contribution in [0.2, 0.25) is 0 Å². The van der Waals surface area contributed by atoms with E-state index in [0.717, 1.165) is 44.7 Å². The Kier molecular flexibility index (Phi) is 6.31. The van der Waals surface area contributed by atoms with Crippen LogP contribution in [0.1, 0.15) is 53.6 Å². The van der Waals surface area contributed by atoms with Crippen molar-refractivity contribution in [2.75, 3.05) is 19.6 Å². The van der Waals surface area contributed by atoms with Crippen LogP contribution in [0.15, 0.2) is 30.5 Å². The summed E-state index contributed by atoms with van der Waals surface area (Å²) in [5, 5.41) is 13.3. The molecule has 2 N–H and O–H groups in total. The largest absolute Gasteiger partial charge is 0.390 e. The van der Waals surface area contributed by atoms with E-state index >= 15 is 0 Å². The van der Waals surface area contributed by atoms with E-state index in [2.05, 4.69) is 51.0 Å². The molecule has 0 aliphatic carbocycles. The van der Waals surface area contributed by atoms with E-state index in [1.165, 1.54) is 24.0 Å². The minimum atomic E-state index is -0.588. The number of aryl methyl sites for hydroxylation is 1. The number of β-amino-alcohol motifs (C(OH)–C–C–N with tert-alkyl or cyclic N) is 1. The summed E-state index contributed by atoms with van der Waals surface area (Å²) in [5.74, 6) is 1.51. The number of aromatic nitrogens is 2. The molecule has 0 saturated heterocycles. The fourth-order valence-corrected chi connectivity index (χ4v) is 4.64. The van der Waals surface area contributed by atoms with Gasteiger partial charge in [0.2, 0.25) is 0 Å². The molecular formula is C23H32N4O2. The summed E-state index contributed by atoms with van der Waals surface area (Å²) < 4.78 is 2.14. The Morgan fingerprint density at radius 2 is 2.14 bits per heavy atom. The van der Waals surface area contributed by atoms with Gasteiger partial charge in [-0.25, -0.2) is 4.98 Å². The minimum absolute atomic E-state index is 0.193. The average Bonchev–Trinajstić information content (AvgIpc) is 3.16. The number of benzene rings is 1. The molecule has 1 aromatic heterocycles. The van der Waals surface area contributed by atoms with Crippen molar-refractivity contribution in [2.45, 2.75) is 58.2 Å². The first kappa shape index (κ1) is 20.1. The summed E-state index contributed by atoms with van der Waals surface area (Å²) in [6.45, 7) is 5.78. The highest BCUT2D eigenvalue weighted by atomic mass is 16.3. The summed E-state index contributed by atoms with van der Waals surface area (Å²) in [7, 11) is 0. The Labute approximate surface area is 172 Å². The zero-order chi connectivity index (χ0) is 20.2. The van der Waals surface area contributed by atoms with Crippen LogP contribution in [0, 0.1) is 5.92 Å². The van der Waals surface area contributed by atoms with Gasteiger partial charge in [0.25, 0.3) is 5.91 Å². The lowest BCUT2D eigenvalue weighted by atomic mass is 9.95. The monoisotopic (exact) mass is 396 g/mol. The first-order valence-corrected chi connectivity index (χ1v) is 10.9. The lowest BCUT2D eigenvalue weighted by molar-refractivity contribution is 0.0838. The molecule has 6 nitrogen and oxygen atoms in total. The van der Waals surface area contributed by atoms with Gasteiger partial charge in [0.15, 0.2) is 0 Å². The molecule has 0 fully saturated rings. The highest BCUT2D eigenvalue weighted by Gasteiger charge is 2.23. The van der Waals surface area contributed by atoms with Crippen LogP contribution in [0.4, 0.5) is 0 Å². The smallest absolute Gasteiger partial charge is 0.271 e. The Bertz CT molecular complexity index is 847. The number of amides is 1. The molecule has 2 unspecified atom stereocenters. The zero-order valence-electron chi connectivity index (χ0n) is 17.3. The number of carbonyl (C=O) groups excluding carboxylic acids is 1. The van der Waals surface area contributed by atoms with E-state index in [1.54, 1.807) is 0 Å². The van der Waals surface area contributed by atoms with E-state index < -0.39 is 6.10 Å². The lowest BCUT2D eigenvalue weighted by Crippen LogP contribution is -2.42. The molecule has 3 heterocycles. The van der Waals surface area contributed by atoms with Crippen molar-refractivity contribution in [1.29, 1.82) is 0 Å². The van der Waals surface area contributed by atoms with Crippen molar-refractivity contribution in [3.63, 3.8) is 0 Å². The number of imidazole rings is 1. The predicted octanol–water partition coefficient (Wildman–Crippen LogP) is 2.39. The molecule has 6 heteroatoms. The fraction of sp³-hybridized carbons (Fsp3) is 0.565. The van der Waals surface area contributed by atoms with Crippen LogP contribution in [-0.2, 0) is 25.9 Å². The minimum Gasteiger partial charge on any atom is -0.390 e. The number of nitrogens with zero attached hydrogens (tertiary/aromatic N) is 3. The molecule has 1 amide bonds. The van der Waals surface area contributed by atoms with Crippen LogP contribution >= 0.6 is 0 Å². The Hall–Kier alpha value is -2.18. The molecule has 0 saturated carbocycles. The third-order valence-electron chi connectivity index (χ3n) is 6.20. The van der Waals surface area contributed by atoms with Gasteiger partial charge in [-0.3, -0.25) is 9.69 Å². The first-order chi connectivity index (χ1) is 14.1. The van der Waals surface area contributed by atoms with Crippen molar-refractivity contribution in [3.05, 3.63) is 53.1 Å². The second-order valence-corrected chi connectivity index (χ2v) is 8.51. The summed E-state index contributed by atoms with van der Waals surface area (Å²) in [4.78, 5) is 19.3. The summed E-state index contributed by atoms with van der Waals surface area (Å²) in [6.07, 6.45) is 6.82. The van der Waals surface area contributed by atoms with Gasteiger partial charge in [-0.2, -0.15) is 0 Å². The van der Waals surface area contributed by atoms with Crippen molar-refractivity contribution < 1.29 is 9.90 Å². The number of aliphatic hydroxyl groups excluding tert-OH is 1. The van der Waals surface area contributed by atoms with E-state index in [0.29, 0.717) is 18.2 Å². The van der Waals surface area contributed by atoms with Crippen molar-refractivity contribution in [3.8, 4) is 0 Å². The van der Waals surface area contributed by atoms with Gasteiger partial charge in [0.1, 0.15) is 11.5 Å². The maximum Gasteiger partial charge on any atom is 0.271 e. The van der Waals surface area contributed by atoms with Crippen molar-refractivity contribution >= 4 is 5.91 Å². The average molecular weight is 397 g/mol. The number of hydrogen-bond acceptors (Lipinski definition) is 4. The van der Waals surface area contributed by atoms with Gasteiger partial charge in [0, 0.05) is 45.3 Å². The maximum absolute atomic E-state index is 12.5. The van der Waals surface area contributed by atoms with Gasteiger partial charge in [0.05, 0.1) is 6.10 Å². The molecule has 2 aliphatic heterocycles. The molecule has 4 rings (SSSR count). The normalized spacial score (nSPS) is 20.0. The standard InChI is InChI=1S/C23H32N4O2/c1-2-5-17-8-9-22-25-21(16-27(22)13-17)23(29)24-12-20(28)15-26-11-10-18-6-3-4-7-19(18)14-26/h3-4,6-7,16-17,20,28H,2,5,8-15H2,1H3,(H,24,29). The summed E-state index contributed by atoms with van der Waals surface area (Å²) in [6, 6.07) is 8.48.